The fraction of sp³-hybridized carbons (Fsp3) is 0.500. The van der Waals surface area contributed by atoms with Crippen molar-refractivity contribution in [3.05, 3.63) is 22.6 Å². The molecule has 0 saturated carbocycles. The van der Waals surface area contributed by atoms with E-state index in [4.69, 9.17) is 4.42 Å². The summed E-state index contributed by atoms with van der Waals surface area (Å²) in [6.07, 6.45) is 1.32. The number of hydrogen-bond donors (Lipinski definition) is 1. The lowest BCUT2D eigenvalue weighted by molar-refractivity contribution is 0.147. The summed E-state index contributed by atoms with van der Waals surface area (Å²) in [5.41, 5.74) is 0. The molecule has 2 atom stereocenters. The van der Waals surface area contributed by atoms with E-state index in [9.17, 15) is 13.5 Å². The van der Waals surface area contributed by atoms with Gasteiger partial charge in [-0.25, -0.2) is 8.42 Å². The Labute approximate surface area is 91.0 Å². The molecule has 0 aliphatic heterocycles. The van der Waals surface area contributed by atoms with Gasteiger partial charge in [0.1, 0.15) is 11.9 Å². The minimum Gasteiger partial charge on any atom is -0.465 e. The van der Waals surface area contributed by atoms with Gasteiger partial charge < -0.3 is 9.52 Å². The van der Waals surface area contributed by atoms with E-state index in [2.05, 4.69) is 15.9 Å². The van der Waals surface area contributed by atoms with Crippen molar-refractivity contribution in [1.29, 1.82) is 0 Å². The number of furan rings is 1. The lowest BCUT2D eigenvalue weighted by Crippen LogP contribution is -2.24. The van der Waals surface area contributed by atoms with Crippen LogP contribution in [0.5, 0.6) is 0 Å². The van der Waals surface area contributed by atoms with Gasteiger partial charge in [-0.2, -0.15) is 0 Å². The highest BCUT2D eigenvalue weighted by Crippen LogP contribution is 2.28. The highest BCUT2D eigenvalue weighted by atomic mass is 79.9. The minimum atomic E-state index is -3.28. The molecule has 0 saturated heterocycles. The van der Waals surface area contributed by atoms with Gasteiger partial charge in [0.25, 0.3) is 0 Å². The second-order valence-corrected chi connectivity index (χ2v) is 6.37. The summed E-state index contributed by atoms with van der Waals surface area (Å²) in [5, 5.41) is 8.81. The molecule has 1 heterocycles. The van der Waals surface area contributed by atoms with Crippen LogP contribution >= 0.6 is 15.9 Å². The van der Waals surface area contributed by atoms with E-state index in [1.807, 2.05) is 0 Å². The van der Waals surface area contributed by atoms with Crippen molar-refractivity contribution in [2.45, 2.75) is 18.3 Å². The van der Waals surface area contributed by atoms with E-state index in [1.165, 1.54) is 13.2 Å². The number of aliphatic hydroxyl groups excluding tert-OH is 1. The van der Waals surface area contributed by atoms with Gasteiger partial charge in [0.15, 0.2) is 9.84 Å². The lowest BCUT2D eigenvalue weighted by Gasteiger charge is -2.15. The van der Waals surface area contributed by atoms with Crippen LogP contribution in [0.15, 0.2) is 21.2 Å². The zero-order valence-electron chi connectivity index (χ0n) is 7.77. The summed E-state index contributed by atoms with van der Waals surface area (Å²) in [6.45, 7) is 1.44. The molecular weight excluding hydrogens is 272 g/mol. The molecule has 4 nitrogen and oxygen atoms in total. The largest absolute Gasteiger partial charge is 0.465 e. The smallest absolute Gasteiger partial charge is 0.153 e. The van der Waals surface area contributed by atoms with Crippen LogP contribution in [0.3, 0.4) is 0 Å². The minimum absolute atomic E-state index is 0.239. The number of aliphatic hydroxyl groups is 1. The van der Waals surface area contributed by atoms with Gasteiger partial charge in [-0.15, -0.1) is 0 Å². The summed E-state index contributed by atoms with van der Waals surface area (Å²) in [7, 11) is -3.28. The molecule has 1 rings (SSSR count). The molecule has 6 heteroatoms. The molecule has 1 aromatic rings. The molecule has 0 aromatic carbocycles. The first-order valence-electron chi connectivity index (χ1n) is 3.94. The van der Waals surface area contributed by atoms with Gasteiger partial charge in [-0.1, -0.05) is 0 Å². The molecule has 0 spiro atoms. The Hall–Kier alpha value is -0.330. The van der Waals surface area contributed by atoms with Crippen molar-refractivity contribution in [2.75, 3.05) is 6.26 Å². The SMILES string of the molecule is CC(C(O)c1occc1Br)S(C)(=O)=O. The molecule has 0 aliphatic carbocycles. The van der Waals surface area contributed by atoms with Crippen LogP contribution in [-0.4, -0.2) is 25.0 Å². The number of hydrogen-bond acceptors (Lipinski definition) is 4. The van der Waals surface area contributed by atoms with Crippen molar-refractivity contribution in [3.8, 4) is 0 Å². The quantitative estimate of drug-likeness (QED) is 0.913. The van der Waals surface area contributed by atoms with Gasteiger partial charge in [-0.3, -0.25) is 0 Å². The number of halogens is 1. The first-order chi connectivity index (χ1) is 6.34. The third-order valence-electron chi connectivity index (χ3n) is 2.03. The van der Waals surface area contributed by atoms with Crippen molar-refractivity contribution < 1.29 is 17.9 Å². The van der Waals surface area contributed by atoms with Crippen LogP contribution in [-0.2, 0) is 9.84 Å². The fourth-order valence-corrected chi connectivity index (χ4v) is 1.99. The molecule has 0 fully saturated rings. The van der Waals surface area contributed by atoms with Gasteiger partial charge in [0.2, 0.25) is 0 Å². The van der Waals surface area contributed by atoms with Crippen molar-refractivity contribution in [1.82, 2.24) is 0 Å². The first kappa shape index (κ1) is 11.7. The van der Waals surface area contributed by atoms with Crippen LogP contribution in [0.1, 0.15) is 18.8 Å². The monoisotopic (exact) mass is 282 g/mol. The molecule has 0 aliphatic rings. The van der Waals surface area contributed by atoms with Gasteiger partial charge in [-0.05, 0) is 28.9 Å². The summed E-state index contributed by atoms with van der Waals surface area (Å²) in [5.74, 6) is 0.239. The molecule has 2 unspecified atom stereocenters. The number of rotatable bonds is 3. The summed E-state index contributed by atoms with van der Waals surface area (Å²) in [4.78, 5) is 0. The Kier molecular flexibility index (Phi) is 3.39. The second kappa shape index (κ2) is 4.04. The molecule has 80 valence electrons. The summed E-state index contributed by atoms with van der Waals surface area (Å²) < 4.78 is 27.9. The van der Waals surface area contributed by atoms with Crippen molar-refractivity contribution in [3.63, 3.8) is 0 Å². The van der Waals surface area contributed by atoms with Crippen molar-refractivity contribution in [2.24, 2.45) is 0 Å². The Morgan fingerprint density at radius 3 is 2.50 bits per heavy atom. The maximum absolute atomic E-state index is 11.2. The number of sulfone groups is 1. The average Bonchev–Trinajstić information content (AvgIpc) is 2.47. The zero-order chi connectivity index (χ0) is 10.9. The van der Waals surface area contributed by atoms with E-state index in [0.29, 0.717) is 4.47 Å². The molecule has 0 amide bonds. The third kappa shape index (κ3) is 2.37. The molecular formula is C8H11BrO4S. The van der Waals surface area contributed by atoms with E-state index >= 15 is 0 Å². The first-order valence-corrected chi connectivity index (χ1v) is 6.68. The van der Waals surface area contributed by atoms with Gasteiger partial charge in [0.05, 0.1) is 16.0 Å². The Morgan fingerprint density at radius 1 is 1.57 bits per heavy atom. The predicted molar refractivity (Wildman–Crippen MR) is 55.7 cm³/mol. The third-order valence-corrected chi connectivity index (χ3v) is 4.30. The van der Waals surface area contributed by atoms with E-state index in [1.54, 1.807) is 6.07 Å². The van der Waals surface area contributed by atoms with Crippen LogP contribution in [0.2, 0.25) is 0 Å². The van der Waals surface area contributed by atoms with Crippen LogP contribution in [0.4, 0.5) is 0 Å². The highest BCUT2D eigenvalue weighted by Gasteiger charge is 2.28. The summed E-state index contributed by atoms with van der Waals surface area (Å²) >= 11 is 3.15. The van der Waals surface area contributed by atoms with Gasteiger partial charge >= 0.3 is 0 Å². The Morgan fingerprint density at radius 2 is 2.14 bits per heavy atom. The van der Waals surface area contributed by atoms with Crippen molar-refractivity contribution >= 4 is 25.8 Å². The van der Waals surface area contributed by atoms with Gasteiger partial charge in [0, 0.05) is 6.26 Å². The van der Waals surface area contributed by atoms with Crippen LogP contribution in [0, 0.1) is 0 Å². The fourth-order valence-electron chi connectivity index (χ4n) is 0.964. The molecule has 14 heavy (non-hydrogen) atoms. The van der Waals surface area contributed by atoms with Crippen LogP contribution in [0.25, 0.3) is 0 Å². The molecule has 1 aromatic heterocycles. The Bertz CT molecular complexity index is 409. The normalized spacial score (nSPS) is 16.6. The summed E-state index contributed by atoms with van der Waals surface area (Å²) in [6, 6.07) is 1.60. The van der Waals surface area contributed by atoms with Crippen LogP contribution < -0.4 is 0 Å². The Balaban J connectivity index is 2.97. The molecule has 0 bridgehead atoms. The standard InChI is InChI=1S/C8H11BrO4S/c1-5(14(2,11)12)7(10)8-6(9)3-4-13-8/h3-5,7,10H,1-2H3. The lowest BCUT2D eigenvalue weighted by atomic mass is 10.2. The average molecular weight is 283 g/mol. The second-order valence-electron chi connectivity index (χ2n) is 3.11. The van der Waals surface area contributed by atoms with E-state index in [0.717, 1.165) is 6.26 Å². The predicted octanol–water partition coefficient (Wildman–Crippen LogP) is 1.51. The van der Waals surface area contributed by atoms with E-state index in [-0.39, 0.29) is 5.76 Å². The molecule has 1 N–H and O–H groups in total. The highest BCUT2D eigenvalue weighted by molar-refractivity contribution is 9.10. The zero-order valence-corrected chi connectivity index (χ0v) is 10.2. The maximum atomic E-state index is 11.2. The topological polar surface area (TPSA) is 67.5 Å². The van der Waals surface area contributed by atoms with E-state index < -0.39 is 21.2 Å². The maximum Gasteiger partial charge on any atom is 0.153 e. The molecule has 0 radical (unpaired) electrons.